The molecular formula is C26H37NO3S. The van der Waals surface area contributed by atoms with Crippen LogP contribution in [0.4, 0.5) is 5.69 Å². The van der Waals surface area contributed by atoms with E-state index in [4.69, 9.17) is 0 Å². The molecule has 170 valence electrons. The van der Waals surface area contributed by atoms with Gasteiger partial charge in [-0.3, -0.25) is 0 Å². The van der Waals surface area contributed by atoms with Crippen LogP contribution in [0.2, 0.25) is 0 Å². The lowest BCUT2D eigenvalue weighted by Gasteiger charge is -2.40. The number of nitrogens with zero attached hydrogens (tertiary/aromatic N) is 1. The predicted octanol–water partition coefficient (Wildman–Crippen LogP) is 5.40. The van der Waals surface area contributed by atoms with Gasteiger partial charge in [0.25, 0.3) is 0 Å². The Morgan fingerprint density at radius 2 is 1.61 bits per heavy atom. The monoisotopic (exact) mass is 443 g/mol. The first kappa shape index (κ1) is 23.8. The summed E-state index contributed by atoms with van der Waals surface area (Å²) in [5.74, 6) is -0.354. The second-order valence-electron chi connectivity index (χ2n) is 9.28. The minimum absolute atomic E-state index is 0.00832. The topological polar surface area (TPSA) is 57.6 Å². The Morgan fingerprint density at radius 1 is 1.00 bits per heavy atom. The van der Waals surface area contributed by atoms with Crippen LogP contribution in [0.5, 0.6) is 0 Å². The van der Waals surface area contributed by atoms with Gasteiger partial charge in [-0.2, -0.15) is 0 Å². The van der Waals surface area contributed by atoms with Crippen molar-refractivity contribution in [3.8, 4) is 0 Å². The van der Waals surface area contributed by atoms with E-state index in [1.807, 2.05) is 61.5 Å². The van der Waals surface area contributed by atoms with Crippen molar-refractivity contribution >= 4 is 15.5 Å². The molecule has 2 aromatic rings. The number of hydrogen-bond donors (Lipinski definition) is 1. The van der Waals surface area contributed by atoms with E-state index < -0.39 is 21.4 Å². The SMILES string of the molecule is CCCCC1(CCCC)CS(=O)(=O)c2cc(N(C)C)ccc2[C@@H](c2ccccc2)[C@H]1O. The molecule has 0 saturated heterocycles. The Labute approximate surface area is 188 Å². The highest BCUT2D eigenvalue weighted by Gasteiger charge is 2.49. The quantitative estimate of drug-likeness (QED) is 0.593. The van der Waals surface area contributed by atoms with Crippen molar-refractivity contribution in [2.45, 2.75) is 69.3 Å². The van der Waals surface area contributed by atoms with Gasteiger partial charge in [0.15, 0.2) is 9.84 Å². The number of anilines is 1. The molecule has 0 spiro atoms. The summed E-state index contributed by atoms with van der Waals surface area (Å²) in [6.07, 6.45) is 4.48. The van der Waals surface area contributed by atoms with Crippen LogP contribution in [-0.4, -0.2) is 39.5 Å². The lowest BCUT2D eigenvalue weighted by molar-refractivity contribution is 0.0127. The number of hydrogen-bond acceptors (Lipinski definition) is 4. The third kappa shape index (κ3) is 4.83. The molecule has 0 saturated carbocycles. The van der Waals surface area contributed by atoms with Crippen LogP contribution in [0.15, 0.2) is 53.4 Å². The fourth-order valence-corrected chi connectivity index (χ4v) is 7.26. The van der Waals surface area contributed by atoms with E-state index in [1.165, 1.54) is 0 Å². The van der Waals surface area contributed by atoms with Crippen molar-refractivity contribution in [1.82, 2.24) is 0 Å². The molecule has 3 rings (SSSR count). The molecule has 0 bridgehead atoms. The number of benzene rings is 2. The normalized spacial score (nSPS) is 21.8. The lowest BCUT2D eigenvalue weighted by atomic mass is 9.68. The van der Waals surface area contributed by atoms with Crippen LogP contribution in [-0.2, 0) is 9.84 Å². The zero-order chi connectivity index (χ0) is 22.6. The maximum atomic E-state index is 13.8. The third-order valence-electron chi connectivity index (χ3n) is 6.82. The first-order valence-electron chi connectivity index (χ1n) is 11.5. The van der Waals surface area contributed by atoms with E-state index in [0.29, 0.717) is 4.90 Å². The van der Waals surface area contributed by atoms with Crippen molar-refractivity contribution in [2.75, 3.05) is 24.7 Å². The van der Waals surface area contributed by atoms with Gasteiger partial charge in [0.05, 0.1) is 16.8 Å². The fraction of sp³-hybridized carbons (Fsp3) is 0.538. The minimum Gasteiger partial charge on any atom is -0.392 e. The zero-order valence-electron chi connectivity index (χ0n) is 19.3. The predicted molar refractivity (Wildman–Crippen MR) is 129 cm³/mol. The molecule has 2 aromatic carbocycles. The molecule has 31 heavy (non-hydrogen) atoms. The Bertz CT molecular complexity index is 961. The molecule has 0 radical (unpaired) electrons. The number of fused-ring (bicyclic) bond motifs is 1. The summed E-state index contributed by atoms with van der Waals surface area (Å²) in [7, 11) is 0.273. The van der Waals surface area contributed by atoms with E-state index in [0.717, 1.165) is 55.3 Å². The molecule has 0 fully saturated rings. The van der Waals surface area contributed by atoms with E-state index in [-0.39, 0.29) is 11.7 Å². The van der Waals surface area contributed by atoms with Crippen molar-refractivity contribution < 1.29 is 13.5 Å². The standard InChI is InChI=1S/C26H37NO3S/c1-5-7-16-26(17-8-6-2)19-31(29,30)23-18-21(27(3)4)14-15-22(23)24(25(26)28)20-12-10-9-11-13-20/h9-15,18,24-25,28H,5-8,16-17,19H2,1-4H3/t24-,25-/m1/s1. The summed E-state index contributed by atoms with van der Waals surface area (Å²) >= 11 is 0. The highest BCUT2D eigenvalue weighted by atomic mass is 32.2. The number of aliphatic hydroxyl groups is 1. The van der Waals surface area contributed by atoms with E-state index in [9.17, 15) is 13.5 Å². The summed E-state index contributed by atoms with van der Waals surface area (Å²) < 4.78 is 27.6. The van der Waals surface area contributed by atoms with Crippen LogP contribution in [0.1, 0.15) is 69.4 Å². The summed E-state index contributed by atoms with van der Waals surface area (Å²) in [5, 5.41) is 11.9. The largest absolute Gasteiger partial charge is 0.392 e. The number of unbranched alkanes of at least 4 members (excludes halogenated alkanes) is 2. The molecule has 4 nitrogen and oxygen atoms in total. The molecule has 1 aliphatic heterocycles. The van der Waals surface area contributed by atoms with Gasteiger partial charge in [-0.15, -0.1) is 0 Å². The lowest BCUT2D eigenvalue weighted by Crippen LogP contribution is -2.43. The number of rotatable bonds is 8. The summed E-state index contributed by atoms with van der Waals surface area (Å²) in [6, 6.07) is 15.6. The van der Waals surface area contributed by atoms with Crippen molar-refractivity contribution in [2.24, 2.45) is 5.41 Å². The van der Waals surface area contributed by atoms with Gasteiger partial charge in [0.2, 0.25) is 0 Å². The fourth-order valence-electron chi connectivity index (χ4n) is 5.04. The van der Waals surface area contributed by atoms with E-state index in [2.05, 4.69) is 13.8 Å². The molecule has 0 amide bonds. The van der Waals surface area contributed by atoms with Gasteiger partial charge in [0, 0.05) is 31.1 Å². The van der Waals surface area contributed by atoms with Crippen molar-refractivity contribution in [3.05, 3.63) is 59.7 Å². The maximum Gasteiger partial charge on any atom is 0.179 e. The highest BCUT2D eigenvalue weighted by Crippen LogP contribution is 2.49. The molecule has 5 heteroatoms. The van der Waals surface area contributed by atoms with Crippen LogP contribution in [0, 0.1) is 5.41 Å². The molecule has 1 N–H and O–H groups in total. The molecular weight excluding hydrogens is 406 g/mol. The van der Waals surface area contributed by atoms with Gasteiger partial charge >= 0.3 is 0 Å². The Morgan fingerprint density at radius 3 is 2.16 bits per heavy atom. The average molecular weight is 444 g/mol. The first-order valence-corrected chi connectivity index (χ1v) is 13.2. The van der Waals surface area contributed by atoms with Gasteiger partial charge in [-0.05, 0) is 36.1 Å². The van der Waals surface area contributed by atoms with Gasteiger partial charge in [0.1, 0.15) is 0 Å². The Hall–Kier alpha value is -1.85. The molecule has 0 aromatic heterocycles. The van der Waals surface area contributed by atoms with Gasteiger partial charge in [-0.25, -0.2) is 8.42 Å². The average Bonchev–Trinajstić information content (AvgIpc) is 2.82. The van der Waals surface area contributed by atoms with Gasteiger partial charge in [-0.1, -0.05) is 75.9 Å². The van der Waals surface area contributed by atoms with Crippen LogP contribution < -0.4 is 4.90 Å². The molecule has 1 heterocycles. The molecule has 2 atom stereocenters. The maximum absolute atomic E-state index is 13.8. The highest BCUT2D eigenvalue weighted by molar-refractivity contribution is 7.91. The van der Waals surface area contributed by atoms with Crippen LogP contribution in [0.3, 0.4) is 0 Å². The number of sulfone groups is 1. The van der Waals surface area contributed by atoms with Crippen LogP contribution in [0.25, 0.3) is 0 Å². The minimum atomic E-state index is -3.56. The second kappa shape index (κ2) is 9.74. The van der Waals surface area contributed by atoms with Crippen LogP contribution >= 0.6 is 0 Å². The molecule has 1 aliphatic rings. The smallest absolute Gasteiger partial charge is 0.179 e. The van der Waals surface area contributed by atoms with Crippen molar-refractivity contribution in [3.63, 3.8) is 0 Å². The summed E-state index contributed by atoms with van der Waals surface area (Å²) in [5.41, 5.74) is 1.91. The van der Waals surface area contributed by atoms with E-state index in [1.54, 1.807) is 6.07 Å². The van der Waals surface area contributed by atoms with E-state index >= 15 is 0 Å². The molecule has 0 aliphatic carbocycles. The zero-order valence-corrected chi connectivity index (χ0v) is 20.2. The Kier molecular flexibility index (Phi) is 7.48. The second-order valence-corrected chi connectivity index (χ2v) is 11.2. The molecule has 0 unspecified atom stereocenters. The number of aliphatic hydroxyl groups excluding tert-OH is 1. The third-order valence-corrected chi connectivity index (χ3v) is 8.80. The summed E-state index contributed by atoms with van der Waals surface area (Å²) in [4.78, 5) is 2.30. The van der Waals surface area contributed by atoms with Crippen molar-refractivity contribution in [1.29, 1.82) is 0 Å². The van der Waals surface area contributed by atoms with Gasteiger partial charge < -0.3 is 10.0 Å². The first-order chi connectivity index (χ1) is 14.8. The summed E-state index contributed by atoms with van der Waals surface area (Å²) in [6.45, 7) is 4.25. The Balaban J connectivity index is 2.28.